The van der Waals surface area contributed by atoms with Crippen molar-refractivity contribution < 1.29 is 14.2 Å². The number of unbranched alkanes of at least 4 members (excludes halogenated alkanes) is 3. The Morgan fingerprint density at radius 2 is 1.63 bits per heavy atom. The number of ether oxygens (including phenoxy) is 3. The lowest BCUT2D eigenvalue weighted by Crippen LogP contribution is -2.57. The summed E-state index contributed by atoms with van der Waals surface area (Å²) in [6.07, 6.45) is 17.8. The second kappa shape index (κ2) is 8.34. The second-order valence-electron chi connectivity index (χ2n) is 11.9. The third-order valence-corrected chi connectivity index (χ3v) is 10.8. The summed E-state index contributed by atoms with van der Waals surface area (Å²) in [7, 11) is 0. The van der Waals surface area contributed by atoms with Crippen molar-refractivity contribution in [1.82, 2.24) is 0 Å². The minimum Gasteiger partial charge on any atom is -0.378 e. The molecule has 0 aromatic carbocycles. The summed E-state index contributed by atoms with van der Waals surface area (Å²) in [5, 5.41) is 0. The number of rotatable bonds is 6. The van der Waals surface area contributed by atoms with Crippen LogP contribution < -0.4 is 0 Å². The van der Waals surface area contributed by atoms with Gasteiger partial charge in [0.05, 0.1) is 19.3 Å². The summed E-state index contributed by atoms with van der Waals surface area (Å²) in [6, 6.07) is 0. The van der Waals surface area contributed by atoms with Crippen molar-refractivity contribution in [3.05, 3.63) is 0 Å². The SMILES string of the molecule is CCCCCCO[C@@H]1CC[C@@]2(C)C(CC[C@@H]3[C@@H]2CC[C@@]2(C)[C@H]3CCC23OCCO3)C1. The summed E-state index contributed by atoms with van der Waals surface area (Å²) in [6.45, 7) is 10.1. The molecule has 1 unspecified atom stereocenters. The lowest BCUT2D eigenvalue weighted by atomic mass is 9.45. The van der Waals surface area contributed by atoms with Gasteiger partial charge in [-0.15, -0.1) is 0 Å². The molecule has 5 aliphatic rings. The summed E-state index contributed by atoms with van der Waals surface area (Å²) in [5.41, 5.74) is 0.784. The van der Waals surface area contributed by atoms with Crippen LogP contribution in [0.1, 0.15) is 104 Å². The Kier molecular flexibility index (Phi) is 6.04. The average Bonchev–Trinajstić information content (AvgIpc) is 3.34. The van der Waals surface area contributed by atoms with E-state index < -0.39 is 0 Å². The average molecular weight is 419 g/mol. The Balaban J connectivity index is 1.23. The van der Waals surface area contributed by atoms with Gasteiger partial charge in [0.15, 0.2) is 5.79 Å². The molecule has 3 heteroatoms. The van der Waals surface area contributed by atoms with Crippen LogP contribution in [0.5, 0.6) is 0 Å². The number of fused-ring (bicyclic) bond motifs is 6. The molecule has 0 bridgehead atoms. The Bertz CT molecular complexity index is 599. The van der Waals surface area contributed by atoms with Crippen LogP contribution >= 0.6 is 0 Å². The molecule has 4 aliphatic carbocycles. The topological polar surface area (TPSA) is 27.7 Å². The molecule has 1 aliphatic heterocycles. The highest BCUT2D eigenvalue weighted by Gasteiger charge is 2.67. The summed E-state index contributed by atoms with van der Waals surface area (Å²) in [5.74, 6) is 3.25. The molecule has 0 N–H and O–H groups in total. The molecule has 30 heavy (non-hydrogen) atoms. The fraction of sp³-hybridized carbons (Fsp3) is 1.00. The molecular formula is C27H46O3. The van der Waals surface area contributed by atoms with Crippen LogP contribution in [-0.4, -0.2) is 31.7 Å². The first kappa shape index (κ1) is 21.7. The fourth-order valence-electron chi connectivity index (χ4n) is 9.03. The van der Waals surface area contributed by atoms with Gasteiger partial charge in [0.25, 0.3) is 0 Å². The first-order chi connectivity index (χ1) is 14.5. The van der Waals surface area contributed by atoms with Gasteiger partial charge < -0.3 is 14.2 Å². The van der Waals surface area contributed by atoms with Gasteiger partial charge in [0, 0.05) is 18.4 Å². The van der Waals surface area contributed by atoms with Gasteiger partial charge in [-0.1, -0.05) is 40.0 Å². The van der Waals surface area contributed by atoms with E-state index in [9.17, 15) is 0 Å². The lowest BCUT2D eigenvalue weighted by Gasteiger charge is -2.61. The van der Waals surface area contributed by atoms with Crippen molar-refractivity contribution in [2.24, 2.45) is 34.5 Å². The van der Waals surface area contributed by atoms with Gasteiger partial charge >= 0.3 is 0 Å². The van der Waals surface area contributed by atoms with E-state index >= 15 is 0 Å². The van der Waals surface area contributed by atoms with Crippen molar-refractivity contribution in [1.29, 1.82) is 0 Å². The van der Waals surface area contributed by atoms with E-state index in [4.69, 9.17) is 14.2 Å². The first-order valence-corrected chi connectivity index (χ1v) is 13.4. The van der Waals surface area contributed by atoms with Crippen LogP contribution in [0.4, 0.5) is 0 Å². The monoisotopic (exact) mass is 418 g/mol. The summed E-state index contributed by atoms with van der Waals surface area (Å²) < 4.78 is 19.0. The quantitative estimate of drug-likeness (QED) is 0.447. The van der Waals surface area contributed by atoms with Crippen molar-refractivity contribution in [2.45, 2.75) is 116 Å². The van der Waals surface area contributed by atoms with Gasteiger partial charge in [-0.05, 0) is 86.9 Å². The van der Waals surface area contributed by atoms with Gasteiger partial charge in [-0.25, -0.2) is 0 Å². The Labute approximate surface area is 185 Å². The second-order valence-corrected chi connectivity index (χ2v) is 11.9. The van der Waals surface area contributed by atoms with Crippen molar-refractivity contribution in [2.75, 3.05) is 19.8 Å². The van der Waals surface area contributed by atoms with E-state index in [1.54, 1.807) is 0 Å². The molecule has 0 radical (unpaired) electrons. The maximum absolute atomic E-state index is 6.38. The summed E-state index contributed by atoms with van der Waals surface area (Å²) in [4.78, 5) is 0. The highest BCUT2D eigenvalue weighted by Crippen LogP contribution is 2.69. The lowest BCUT2D eigenvalue weighted by molar-refractivity contribution is -0.248. The van der Waals surface area contributed by atoms with Crippen LogP contribution in [0, 0.1) is 34.5 Å². The maximum atomic E-state index is 6.38. The van der Waals surface area contributed by atoms with Crippen LogP contribution in [0.3, 0.4) is 0 Å². The highest BCUT2D eigenvalue weighted by atomic mass is 16.7. The molecule has 5 fully saturated rings. The Hall–Kier alpha value is -0.120. The third-order valence-electron chi connectivity index (χ3n) is 10.8. The van der Waals surface area contributed by atoms with Gasteiger partial charge in [-0.2, -0.15) is 0 Å². The molecule has 0 aromatic heterocycles. The minimum absolute atomic E-state index is 0.243. The molecule has 0 amide bonds. The first-order valence-electron chi connectivity index (χ1n) is 13.4. The fourth-order valence-corrected chi connectivity index (χ4v) is 9.03. The Morgan fingerprint density at radius 3 is 2.43 bits per heavy atom. The molecule has 1 heterocycles. The van der Waals surface area contributed by atoms with Crippen molar-refractivity contribution in [3.8, 4) is 0 Å². The highest BCUT2D eigenvalue weighted by molar-refractivity contribution is 5.12. The zero-order chi connectivity index (χ0) is 20.8. The van der Waals surface area contributed by atoms with E-state index in [0.29, 0.717) is 11.5 Å². The molecule has 172 valence electrons. The van der Waals surface area contributed by atoms with Crippen molar-refractivity contribution in [3.63, 3.8) is 0 Å². The molecular weight excluding hydrogens is 372 g/mol. The van der Waals surface area contributed by atoms with E-state index in [2.05, 4.69) is 20.8 Å². The van der Waals surface area contributed by atoms with E-state index in [0.717, 1.165) is 49.9 Å². The normalized spacial score (nSPS) is 47.1. The third kappa shape index (κ3) is 3.32. The van der Waals surface area contributed by atoms with Crippen molar-refractivity contribution >= 4 is 0 Å². The van der Waals surface area contributed by atoms with E-state index in [1.807, 2.05) is 0 Å². The predicted molar refractivity (Wildman–Crippen MR) is 120 cm³/mol. The van der Waals surface area contributed by atoms with Crippen LogP contribution in [-0.2, 0) is 14.2 Å². The van der Waals surface area contributed by atoms with Crippen LogP contribution in [0.2, 0.25) is 0 Å². The predicted octanol–water partition coefficient (Wildman–Crippen LogP) is 6.74. The zero-order valence-corrected chi connectivity index (χ0v) is 19.9. The van der Waals surface area contributed by atoms with Crippen LogP contribution in [0.15, 0.2) is 0 Å². The number of hydrogen-bond donors (Lipinski definition) is 0. The maximum Gasteiger partial charge on any atom is 0.174 e. The molecule has 7 atom stereocenters. The smallest absolute Gasteiger partial charge is 0.174 e. The molecule has 0 aromatic rings. The Morgan fingerprint density at radius 1 is 0.833 bits per heavy atom. The standard InChI is InChI=1S/C27H46O3/c1-4-5-6-7-16-28-21-10-13-25(2)20(19-21)8-9-22-23(25)11-14-26(3)24(22)12-15-27(26)29-17-18-30-27/h20-24H,4-19H2,1-3H3/t20?,21-,22-,23+,24+,25+,26+/m1/s1. The largest absolute Gasteiger partial charge is 0.378 e. The van der Waals surface area contributed by atoms with Crippen LogP contribution in [0.25, 0.3) is 0 Å². The van der Waals surface area contributed by atoms with E-state index in [-0.39, 0.29) is 11.2 Å². The zero-order valence-electron chi connectivity index (χ0n) is 19.9. The molecule has 5 rings (SSSR count). The van der Waals surface area contributed by atoms with E-state index in [1.165, 1.54) is 77.0 Å². The number of hydrogen-bond acceptors (Lipinski definition) is 3. The molecule has 3 nitrogen and oxygen atoms in total. The summed E-state index contributed by atoms with van der Waals surface area (Å²) >= 11 is 0. The molecule has 1 saturated heterocycles. The van der Waals surface area contributed by atoms with Gasteiger partial charge in [0.2, 0.25) is 0 Å². The molecule has 1 spiro atoms. The van der Waals surface area contributed by atoms with Gasteiger partial charge in [0.1, 0.15) is 0 Å². The minimum atomic E-state index is -0.246. The molecule has 4 saturated carbocycles. The van der Waals surface area contributed by atoms with Gasteiger partial charge in [-0.3, -0.25) is 0 Å².